The Kier molecular flexibility index (Phi) is 3.89. The van der Waals surface area contributed by atoms with Crippen molar-refractivity contribution in [2.45, 2.75) is 21.8 Å². The Bertz CT molecular complexity index is 227. The van der Waals surface area contributed by atoms with Gasteiger partial charge >= 0.3 is 84.8 Å². The predicted molar refractivity (Wildman–Crippen MR) is 30.0 cm³/mol. The second-order valence-electron chi connectivity index (χ2n) is 2.39. The molecule has 0 unspecified atom stereocenters. The third-order valence-corrected chi connectivity index (χ3v) is 4.51. The van der Waals surface area contributed by atoms with Gasteiger partial charge in [0.25, 0.3) is 0 Å². The molecule has 0 aliphatic rings. The van der Waals surface area contributed by atoms with Crippen molar-refractivity contribution in [2.75, 3.05) is 0 Å². The van der Waals surface area contributed by atoms with Crippen molar-refractivity contribution in [3.8, 4) is 0 Å². The molecule has 0 aromatic rings. The van der Waals surface area contributed by atoms with Gasteiger partial charge in [0.2, 0.25) is 0 Å². The molecule has 0 aromatic heterocycles. The van der Waals surface area contributed by atoms with Gasteiger partial charge in [-0.2, -0.15) is 0 Å². The molecule has 0 saturated carbocycles. The number of hydrogen-bond acceptors (Lipinski definition) is 1. The van der Waals surface area contributed by atoms with Gasteiger partial charge in [-0.25, -0.2) is 0 Å². The zero-order chi connectivity index (χ0) is 13.6. The van der Waals surface area contributed by atoms with Crippen molar-refractivity contribution in [3.05, 3.63) is 0 Å². The summed E-state index contributed by atoms with van der Waals surface area (Å²) < 4.78 is 112. The number of rotatable bonds is 2. The quantitative estimate of drug-likeness (QED) is 0.609. The van der Waals surface area contributed by atoms with Crippen LogP contribution in [0.5, 0.6) is 0 Å². The van der Waals surface area contributed by atoms with Crippen LogP contribution in [0.25, 0.3) is 0 Å². The van der Waals surface area contributed by atoms with Gasteiger partial charge in [0.15, 0.2) is 0 Å². The van der Waals surface area contributed by atoms with E-state index < -0.39 is 36.8 Å². The van der Waals surface area contributed by atoms with Crippen LogP contribution in [0, 0.1) is 0 Å². The topological polar surface area (TPSA) is 20.2 Å². The van der Waals surface area contributed by atoms with Gasteiger partial charge in [0, 0.05) is 0 Å². The summed E-state index contributed by atoms with van der Waals surface area (Å²) in [6, 6.07) is 0. The van der Waals surface area contributed by atoms with Crippen LogP contribution in [-0.4, -0.2) is 40.9 Å². The molecule has 0 aliphatic heterocycles. The fourth-order valence-corrected chi connectivity index (χ4v) is 2.16. The number of hydrogen-bond donors (Lipinski definition) is 1. The van der Waals surface area contributed by atoms with Crippen LogP contribution >= 0.6 is 0 Å². The Balaban J connectivity index is 5.30. The summed E-state index contributed by atoms with van der Waals surface area (Å²) in [5, 5.41) is 0. The molecule has 0 spiro atoms. The summed E-state index contributed by atoms with van der Waals surface area (Å²) in [5.74, 6) is 0. The van der Waals surface area contributed by atoms with E-state index in [0.717, 1.165) is 0 Å². The van der Waals surface area contributed by atoms with Gasteiger partial charge in [-0.15, -0.1) is 0 Å². The SMILES string of the molecule is O[As](C(F)(F)C(F)(F)F)C(F)(F)C(F)(F)F. The van der Waals surface area contributed by atoms with Crippen LogP contribution in [0.3, 0.4) is 0 Å². The molecule has 1 N–H and O–H groups in total. The Morgan fingerprint density at radius 2 is 0.750 bits per heavy atom. The zero-order valence-electron chi connectivity index (χ0n) is 6.67. The average molecular weight is 330 g/mol. The Hall–Kier alpha value is -0.182. The summed E-state index contributed by atoms with van der Waals surface area (Å²) >= 11 is -6.86. The molecule has 98 valence electrons. The molecule has 0 fully saturated rings. The molecule has 0 bridgehead atoms. The summed E-state index contributed by atoms with van der Waals surface area (Å²) in [4.78, 5) is 0. The molecule has 0 heterocycles. The molecule has 0 radical (unpaired) electrons. The normalized spacial score (nSPS) is 15.8. The third-order valence-electron chi connectivity index (χ3n) is 1.21. The molecule has 0 saturated heterocycles. The molecular weight excluding hydrogens is 329 g/mol. The average Bonchev–Trinajstić information content (AvgIpc) is 1.98. The molecule has 0 amide bonds. The van der Waals surface area contributed by atoms with Gasteiger partial charge in [0.05, 0.1) is 0 Å². The van der Waals surface area contributed by atoms with Gasteiger partial charge < -0.3 is 0 Å². The van der Waals surface area contributed by atoms with Gasteiger partial charge in [-0.3, -0.25) is 0 Å². The van der Waals surface area contributed by atoms with E-state index in [2.05, 4.69) is 0 Å². The maximum absolute atomic E-state index is 12.1. The van der Waals surface area contributed by atoms with E-state index in [1.54, 1.807) is 0 Å². The Labute approximate surface area is 85.6 Å². The molecule has 0 aliphatic carbocycles. The van der Waals surface area contributed by atoms with Crippen molar-refractivity contribution >= 4 is 15.0 Å². The molecule has 0 rings (SSSR count). The summed E-state index contributed by atoms with van der Waals surface area (Å²) in [5.41, 5.74) is 0. The zero-order valence-corrected chi connectivity index (χ0v) is 8.55. The monoisotopic (exact) mass is 330 g/mol. The molecule has 16 heavy (non-hydrogen) atoms. The van der Waals surface area contributed by atoms with E-state index in [9.17, 15) is 43.9 Å². The Morgan fingerprint density at radius 3 is 0.875 bits per heavy atom. The fraction of sp³-hybridized carbons (Fsp3) is 1.00. The maximum atomic E-state index is 12.1. The van der Waals surface area contributed by atoms with Crippen LogP contribution in [0.2, 0.25) is 0 Å². The van der Waals surface area contributed by atoms with Gasteiger partial charge in [-0.1, -0.05) is 0 Å². The van der Waals surface area contributed by atoms with E-state index in [0.29, 0.717) is 0 Å². The van der Waals surface area contributed by atoms with Crippen molar-refractivity contribution < 1.29 is 48.0 Å². The molecular formula is C4HAsF10O. The van der Waals surface area contributed by atoms with E-state index in [1.165, 1.54) is 0 Å². The van der Waals surface area contributed by atoms with Gasteiger partial charge in [0.1, 0.15) is 0 Å². The first-order chi connectivity index (χ1) is 6.65. The number of alkyl halides is 10. The minimum absolute atomic E-state index is 6.43. The van der Waals surface area contributed by atoms with E-state index in [-0.39, 0.29) is 0 Å². The van der Waals surface area contributed by atoms with Crippen molar-refractivity contribution in [2.24, 2.45) is 0 Å². The van der Waals surface area contributed by atoms with Crippen LogP contribution in [0.4, 0.5) is 43.9 Å². The summed E-state index contributed by atoms with van der Waals surface area (Å²) in [6.07, 6.45) is -13.3. The summed E-state index contributed by atoms with van der Waals surface area (Å²) in [7, 11) is 0. The van der Waals surface area contributed by atoms with Crippen LogP contribution in [0.15, 0.2) is 0 Å². The van der Waals surface area contributed by atoms with Crippen molar-refractivity contribution in [1.29, 1.82) is 0 Å². The molecule has 0 aromatic carbocycles. The van der Waals surface area contributed by atoms with Gasteiger partial charge in [-0.05, 0) is 0 Å². The molecule has 1 nitrogen and oxygen atoms in total. The Morgan fingerprint density at radius 1 is 0.562 bits per heavy atom. The predicted octanol–water partition coefficient (Wildman–Crippen LogP) is 2.44. The first-order valence-electron chi connectivity index (χ1n) is 3.04. The third kappa shape index (κ3) is 2.55. The van der Waals surface area contributed by atoms with Crippen molar-refractivity contribution in [3.63, 3.8) is 0 Å². The van der Waals surface area contributed by atoms with Crippen LogP contribution in [-0.2, 0) is 0 Å². The fourth-order valence-electron chi connectivity index (χ4n) is 0.417. The van der Waals surface area contributed by atoms with E-state index in [4.69, 9.17) is 4.10 Å². The number of halogens is 10. The molecule has 0 atom stereocenters. The second kappa shape index (κ2) is 3.93. The standard InChI is InChI=1S/C4HAsF10O/c6-1(7,3(10,11)12)5(16)2(8,9)4(13,14)15/h16H. The second-order valence-corrected chi connectivity index (χ2v) is 6.06. The first-order valence-corrected chi connectivity index (χ1v) is 5.75. The summed E-state index contributed by atoms with van der Waals surface area (Å²) in [6.45, 7) is 0. The van der Waals surface area contributed by atoms with Crippen LogP contribution in [0.1, 0.15) is 0 Å². The first kappa shape index (κ1) is 15.8. The van der Waals surface area contributed by atoms with Crippen molar-refractivity contribution in [1.82, 2.24) is 0 Å². The minimum atomic E-state index is -6.86. The van der Waals surface area contributed by atoms with Crippen LogP contribution < -0.4 is 0 Å². The molecule has 12 heteroatoms. The van der Waals surface area contributed by atoms with E-state index >= 15 is 0 Å². The van der Waals surface area contributed by atoms with E-state index in [1.807, 2.05) is 0 Å².